The van der Waals surface area contributed by atoms with Gasteiger partial charge in [0.1, 0.15) is 6.54 Å². The Morgan fingerprint density at radius 1 is 1.21 bits per heavy atom. The van der Waals surface area contributed by atoms with Crippen molar-refractivity contribution in [2.75, 3.05) is 17.6 Å². The number of hydrogen-bond acceptors (Lipinski definition) is 6. The van der Waals surface area contributed by atoms with Crippen LogP contribution < -0.4 is 5.32 Å². The number of hydrogen-bond donors (Lipinski definition) is 1. The lowest BCUT2D eigenvalue weighted by Crippen LogP contribution is -2.46. The number of para-hydroxylation sites is 1. The maximum Gasteiger partial charge on any atom is 0.334 e. The molecule has 1 aromatic carbocycles. The van der Waals surface area contributed by atoms with Gasteiger partial charge in [-0.2, -0.15) is 5.26 Å². The normalized spacial score (nSPS) is 22.0. The van der Waals surface area contributed by atoms with E-state index in [4.69, 9.17) is 5.26 Å². The Morgan fingerprint density at radius 2 is 1.93 bits per heavy atom. The first-order valence-electron chi connectivity index (χ1n) is 9.51. The highest BCUT2D eigenvalue weighted by molar-refractivity contribution is 7.99. The van der Waals surface area contributed by atoms with Crippen molar-refractivity contribution in [3.05, 3.63) is 24.3 Å². The molecule has 0 spiro atoms. The third-order valence-corrected chi connectivity index (χ3v) is 6.18. The van der Waals surface area contributed by atoms with Gasteiger partial charge < -0.3 is 5.32 Å². The number of amides is 5. The van der Waals surface area contributed by atoms with Gasteiger partial charge in [0.15, 0.2) is 0 Å². The van der Waals surface area contributed by atoms with Gasteiger partial charge in [0.2, 0.25) is 5.91 Å². The van der Waals surface area contributed by atoms with Crippen molar-refractivity contribution in [2.45, 2.75) is 43.5 Å². The number of thioether (sulfide) groups is 1. The first-order chi connectivity index (χ1) is 13.9. The molecule has 152 valence electrons. The van der Waals surface area contributed by atoms with Gasteiger partial charge >= 0.3 is 17.8 Å². The van der Waals surface area contributed by atoms with E-state index in [1.807, 2.05) is 13.0 Å². The predicted molar refractivity (Wildman–Crippen MR) is 107 cm³/mol. The second kappa shape index (κ2) is 9.09. The van der Waals surface area contributed by atoms with E-state index < -0.39 is 30.3 Å². The fraction of sp³-hybridized carbons (Fsp3) is 0.450. The van der Waals surface area contributed by atoms with Crippen LogP contribution >= 0.6 is 11.8 Å². The fourth-order valence-corrected chi connectivity index (χ4v) is 4.44. The van der Waals surface area contributed by atoms with Crippen molar-refractivity contribution in [1.29, 1.82) is 5.26 Å². The van der Waals surface area contributed by atoms with Crippen LogP contribution in [0.2, 0.25) is 0 Å². The summed E-state index contributed by atoms with van der Waals surface area (Å²) in [5, 5.41) is 11.4. The number of carbonyl (C=O) groups is 4. The summed E-state index contributed by atoms with van der Waals surface area (Å²) in [5.74, 6) is -2.05. The molecule has 2 fully saturated rings. The highest BCUT2D eigenvalue weighted by atomic mass is 32.2. The van der Waals surface area contributed by atoms with Gasteiger partial charge in [-0.1, -0.05) is 31.9 Å². The van der Waals surface area contributed by atoms with Gasteiger partial charge in [-0.05, 0) is 30.9 Å². The molecule has 1 N–H and O–H groups in total. The van der Waals surface area contributed by atoms with E-state index in [2.05, 4.69) is 5.32 Å². The minimum absolute atomic E-state index is 0.127. The monoisotopic (exact) mass is 414 g/mol. The molecule has 1 heterocycles. The average Bonchev–Trinajstić information content (AvgIpc) is 2.91. The number of rotatable bonds is 6. The average molecular weight is 414 g/mol. The van der Waals surface area contributed by atoms with Crippen LogP contribution in [0, 0.1) is 17.2 Å². The summed E-state index contributed by atoms with van der Waals surface area (Å²) < 4.78 is 0. The van der Waals surface area contributed by atoms with E-state index in [1.165, 1.54) is 11.8 Å². The van der Waals surface area contributed by atoms with Crippen LogP contribution in [0.15, 0.2) is 29.2 Å². The van der Waals surface area contributed by atoms with Crippen molar-refractivity contribution in [3.8, 4) is 6.07 Å². The van der Waals surface area contributed by atoms with Crippen LogP contribution in [0.1, 0.15) is 32.6 Å². The van der Waals surface area contributed by atoms with Crippen LogP contribution in [0.4, 0.5) is 10.5 Å². The second-order valence-electron chi connectivity index (χ2n) is 7.17. The molecular weight excluding hydrogens is 392 g/mol. The van der Waals surface area contributed by atoms with E-state index in [0.717, 1.165) is 24.2 Å². The SMILES string of the molecule is C[C@@H]1CCCC[C@H]1N1C(=O)C(=O)N(CC(=O)Nc2ccccc2SCC#N)C1=O. The summed E-state index contributed by atoms with van der Waals surface area (Å²) in [6.45, 7) is 1.44. The van der Waals surface area contributed by atoms with Gasteiger partial charge in [0, 0.05) is 10.9 Å². The van der Waals surface area contributed by atoms with Gasteiger partial charge in [-0.15, -0.1) is 11.8 Å². The Hall–Kier alpha value is -2.86. The number of anilines is 1. The van der Waals surface area contributed by atoms with Crippen LogP contribution in [0.3, 0.4) is 0 Å². The molecule has 2 aliphatic rings. The Bertz CT molecular complexity index is 881. The van der Waals surface area contributed by atoms with Gasteiger partial charge in [0.05, 0.1) is 17.5 Å². The van der Waals surface area contributed by atoms with Gasteiger partial charge in [-0.25, -0.2) is 9.69 Å². The van der Waals surface area contributed by atoms with E-state index in [9.17, 15) is 19.2 Å². The fourth-order valence-electron chi connectivity index (χ4n) is 3.77. The summed E-state index contributed by atoms with van der Waals surface area (Å²) in [6, 6.07) is 7.95. The molecule has 3 rings (SSSR count). The highest BCUT2D eigenvalue weighted by Gasteiger charge is 2.49. The van der Waals surface area contributed by atoms with Crippen LogP contribution in [-0.2, 0) is 14.4 Å². The Labute approximate surface area is 173 Å². The van der Waals surface area contributed by atoms with E-state index >= 15 is 0 Å². The van der Waals surface area contributed by atoms with Crippen molar-refractivity contribution in [3.63, 3.8) is 0 Å². The number of nitriles is 1. The highest BCUT2D eigenvalue weighted by Crippen LogP contribution is 2.31. The summed E-state index contributed by atoms with van der Waals surface area (Å²) in [7, 11) is 0. The molecule has 29 heavy (non-hydrogen) atoms. The molecule has 1 aromatic rings. The number of carbonyl (C=O) groups excluding carboxylic acids is 4. The van der Waals surface area contributed by atoms with Crippen LogP contribution in [0.25, 0.3) is 0 Å². The molecule has 1 aliphatic heterocycles. The lowest BCUT2D eigenvalue weighted by atomic mass is 9.85. The number of nitrogens with zero attached hydrogens (tertiary/aromatic N) is 3. The topological polar surface area (TPSA) is 111 Å². The summed E-state index contributed by atoms with van der Waals surface area (Å²) in [5.41, 5.74) is 0.487. The zero-order valence-electron chi connectivity index (χ0n) is 16.1. The molecule has 5 amide bonds. The Morgan fingerprint density at radius 3 is 2.66 bits per heavy atom. The van der Waals surface area contributed by atoms with Gasteiger partial charge in [-0.3, -0.25) is 19.3 Å². The van der Waals surface area contributed by atoms with E-state index in [-0.39, 0.29) is 17.7 Å². The number of benzene rings is 1. The molecule has 8 nitrogen and oxygen atoms in total. The Kier molecular flexibility index (Phi) is 6.54. The molecule has 0 radical (unpaired) electrons. The zero-order chi connectivity index (χ0) is 21.0. The lowest BCUT2D eigenvalue weighted by Gasteiger charge is -2.34. The van der Waals surface area contributed by atoms with Crippen molar-refractivity contribution < 1.29 is 19.2 Å². The molecule has 1 aliphatic carbocycles. The summed E-state index contributed by atoms with van der Waals surface area (Å²) >= 11 is 1.27. The van der Waals surface area contributed by atoms with Crippen molar-refractivity contribution in [2.24, 2.45) is 5.92 Å². The molecule has 0 aromatic heterocycles. The minimum atomic E-state index is -0.963. The molecule has 1 saturated heterocycles. The molecule has 1 saturated carbocycles. The van der Waals surface area contributed by atoms with E-state index in [1.54, 1.807) is 24.3 Å². The number of imide groups is 2. The summed E-state index contributed by atoms with van der Waals surface area (Å²) in [4.78, 5) is 52.5. The first-order valence-corrected chi connectivity index (χ1v) is 10.5. The third kappa shape index (κ3) is 4.43. The third-order valence-electron chi connectivity index (χ3n) is 5.24. The Balaban J connectivity index is 1.69. The van der Waals surface area contributed by atoms with E-state index in [0.29, 0.717) is 21.9 Å². The smallest absolute Gasteiger partial charge is 0.324 e. The quantitative estimate of drug-likeness (QED) is 0.435. The zero-order valence-corrected chi connectivity index (χ0v) is 16.9. The first kappa shape index (κ1) is 20.9. The molecule has 0 unspecified atom stereocenters. The van der Waals surface area contributed by atoms with Gasteiger partial charge in [0.25, 0.3) is 0 Å². The van der Waals surface area contributed by atoms with Crippen molar-refractivity contribution >= 4 is 41.2 Å². The minimum Gasteiger partial charge on any atom is -0.324 e. The second-order valence-corrected chi connectivity index (χ2v) is 8.19. The van der Waals surface area contributed by atoms with Crippen LogP contribution in [0.5, 0.6) is 0 Å². The standard InChI is InChI=1S/C20H22N4O4S/c1-13-6-2-4-8-15(13)24-19(27)18(26)23(20(24)28)12-17(25)22-14-7-3-5-9-16(14)29-11-10-21/h3,5,7,9,13,15H,2,4,6,8,11-12H2,1H3,(H,22,25)/t13-,15-/m1/s1. The molecule has 0 bridgehead atoms. The summed E-state index contributed by atoms with van der Waals surface area (Å²) in [6.07, 6.45) is 3.51. The lowest BCUT2D eigenvalue weighted by molar-refractivity contribution is -0.145. The molecule has 2 atom stereocenters. The molecule has 9 heteroatoms. The maximum atomic E-state index is 12.8. The maximum absolute atomic E-state index is 12.8. The van der Waals surface area contributed by atoms with Crippen LogP contribution in [-0.4, -0.2) is 51.9 Å². The largest absolute Gasteiger partial charge is 0.334 e. The number of urea groups is 1. The predicted octanol–water partition coefficient (Wildman–Crippen LogP) is 2.61. The molecular formula is C20H22N4O4S. The van der Waals surface area contributed by atoms with Crippen molar-refractivity contribution in [1.82, 2.24) is 9.80 Å². The number of nitrogens with one attached hydrogen (secondary N) is 1.